The van der Waals surface area contributed by atoms with Gasteiger partial charge >= 0.3 is 0 Å². The van der Waals surface area contributed by atoms with Crippen molar-refractivity contribution < 1.29 is 19.2 Å². The van der Waals surface area contributed by atoms with E-state index >= 15 is 0 Å². The van der Waals surface area contributed by atoms with E-state index in [9.17, 15) is 0 Å². The Kier molecular flexibility index (Phi) is 5.26. The molecule has 6 heteroatoms. The van der Waals surface area contributed by atoms with Gasteiger partial charge in [-0.1, -0.05) is 13.8 Å². The lowest BCUT2D eigenvalue weighted by Crippen LogP contribution is -2.70. The van der Waals surface area contributed by atoms with E-state index in [1.165, 1.54) is 38.9 Å². The van der Waals surface area contributed by atoms with Gasteiger partial charge in [-0.05, 0) is 63.3 Å². The molecule has 1 spiro atoms. The van der Waals surface area contributed by atoms with Gasteiger partial charge in [0.15, 0.2) is 11.9 Å². The molecule has 160 valence electrons. The molecule has 6 aliphatic rings. The van der Waals surface area contributed by atoms with E-state index in [0.717, 1.165) is 32.4 Å². The lowest BCUT2D eigenvalue weighted by atomic mass is 9.57. The molecule has 5 aliphatic heterocycles. The second-order valence-electron chi connectivity index (χ2n) is 10.2. The number of rotatable bonds is 4. The summed E-state index contributed by atoms with van der Waals surface area (Å²) in [6, 6.07) is 0. The number of hydrogen-bond acceptors (Lipinski definition) is 6. The van der Waals surface area contributed by atoms with Crippen LogP contribution in [0, 0.1) is 23.7 Å². The first-order chi connectivity index (χ1) is 13.5. The molecule has 28 heavy (non-hydrogen) atoms. The minimum atomic E-state index is -0.663. The van der Waals surface area contributed by atoms with Crippen LogP contribution in [0.2, 0.25) is 0 Å². The topological polar surface area (TPSA) is 52.2 Å². The lowest BCUT2D eigenvalue weighted by molar-refractivity contribution is -0.571. The summed E-state index contributed by atoms with van der Waals surface area (Å²) in [5, 5.41) is 3.44. The Labute approximate surface area is 169 Å². The highest BCUT2D eigenvalue weighted by molar-refractivity contribution is 5.09. The van der Waals surface area contributed by atoms with Crippen molar-refractivity contribution in [2.45, 2.75) is 83.1 Å². The molecule has 1 N–H and O–H groups in total. The van der Waals surface area contributed by atoms with Crippen LogP contribution < -0.4 is 5.32 Å². The minimum Gasteiger partial charge on any atom is -0.346 e. The molecule has 0 aromatic carbocycles. The molecule has 5 heterocycles. The number of fused-ring (bicyclic) bond motifs is 2. The van der Waals surface area contributed by atoms with Crippen LogP contribution >= 0.6 is 0 Å². The largest absolute Gasteiger partial charge is 0.346 e. The Morgan fingerprint density at radius 1 is 1.04 bits per heavy atom. The molecule has 1 aliphatic carbocycles. The zero-order chi connectivity index (χ0) is 19.4. The monoisotopic (exact) mass is 394 g/mol. The molecule has 0 aromatic rings. The summed E-state index contributed by atoms with van der Waals surface area (Å²) in [7, 11) is 0. The van der Waals surface area contributed by atoms with Gasteiger partial charge < -0.3 is 19.7 Å². The van der Waals surface area contributed by atoms with E-state index in [0.29, 0.717) is 23.7 Å². The van der Waals surface area contributed by atoms with E-state index in [1.54, 1.807) is 0 Å². The van der Waals surface area contributed by atoms with Gasteiger partial charge in [0, 0.05) is 38.5 Å². The highest BCUT2D eigenvalue weighted by Crippen LogP contribution is 2.60. The van der Waals surface area contributed by atoms with Crippen molar-refractivity contribution in [3.63, 3.8) is 0 Å². The Balaban J connectivity index is 1.31. The van der Waals surface area contributed by atoms with Crippen LogP contribution in [0.25, 0.3) is 0 Å². The second kappa shape index (κ2) is 7.47. The highest BCUT2D eigenvalue weighted by atomic mass is 17.3. The SMILES string of the molecule is CC1CCC2C(C)C(CCCN3CCNCC3)OC3OC4(C)CCC1C32OO4. The quantitative estimate of drug-likeness (QED) is 0.740. The van der Waals surface area contributed by atoms with Crippen LogP contribution in [0.1, 0.15) is 59.3 Å². The van der Waals surface area contributed by atoms with E-state index in [-0.39, 0.29) is 12.4 Å². The van der Waals surface area contributed by atoms with E-state index < -0.39 is 11.4 Å². The van der Waals surface area contributed by atoms with Crippen molar-refractivity contribution in [1.82, 2.24) is 10.2 Å². The van der Waals surface area contributed by atoms with Crippen molar-refractivity contribution in [3.8, 4) is 0 Å². The van der Waals surface area contributed by atoms with Gasteiger partial charge in [-0.3, -0.25) is 0 Å². The second-order valence-corrected chi connectivity index (χ2v) is 10.2. The van der Waals surface area contributed by atoms with Gasteiger partial charge in [0.2, 0.25) is 5.79 Å². The summed E-state index contributed by atoms with van der Waals surface area (Å²) in [6.45, 7) is 12.5. The van der Waals surface area contributed by atoms with Crippen LogP contribution in [0.15, 0.2) is 0 Å². The average Bonchev–Trinajstić information content (AvgIpc) is 2.92. The zero-order valence-corrected chi connectivity index (χ0v) is 17.8. The predicted molar refractivity (Wildman–Crippen MR) is 105 cm³/mol. The van der Waals surface area contributed by atoms with Crippen molar-refractivity contribution in [2.24, 2.45) is 23.7 Å². The number of hydrogen-bond donors (Lipinski definition) is 1. The normalized spacial score (nSPS) is 51.5. The Morgan fingerprint density at radius 3 is 2.68 bits per heavy atom. The molecule has 2 bridgehead atoms. The van der Waals surface area contributed by atoms with Gasteiger partial charge in [0.1, 0.15) is 0 Å². The third-order valence-corrected chi connectivity index (χ3v) is 8.47. The first kappa shape index (κ1) is 19.7. The number of ether oxygens (including phenoxy) is 2. The van der Waals surface area contributed by atoms with E-state index in [2.05, 4.69) is 24.1 Å². The van der Waals surface area contributed by atoms with Gasteiger partial charge in [0.05, 0.1) is 6.10 Å². The van der Waals surface area contributed by atoms with Crippen molar-refractivity contribution in [3.05, 3.63) is 0 Å². The molecule has 0 aromatic heterocycles. The molecule has 8 unspecified atom stereocenters. The van der Waals surface area contributed by atoms with Gasteiger partial charge in [0.25, 0.3) is 0 Å². The summed E-state index contributed by atoms with van der Waals surface area (Å²) in [5.74, 6) is 1.36. The van der Waals surface area contributed by atoms with Crippen LogP contribution in [0.3, 0.4) is 0 Å². The Morgan fingerprint density at radius 2 is 1.86 bits per heavy atom. The van der Waals surface area contributed by atoms with Crippen molar-refractivity contribution in [1.29, 1.82) is 0 Å². The fourth-order valence-corrected chi connectivity index (χ4v) is 6.76. The minimum absolute atomic E-state index is 0.254. The molecule has 1 saturated carbocycles. The Bertz CT molecular complexity index is 571. The maximum atomic E-state index is 6.69. The molecule has 6 nitrogen and oxygen atoms in total. The summed E-state index contributed by atoms with van der Waals surface area (Å²) in [5.41, 5.74) is -0.415. The van der Waals surface area contributed by atoms with Crippen LogP contribution in [0.4, 0.5) is 0 Å². The molecular weight excluding hydrogens is 356 g/mol. The summed E-state index contributed by atoms with van der Waals surface area (Å²) in [4.78, 5) is 14.7. The van der Waals surface area contributed by atoms with E-state index in [4.69, 9.17) is 19.2 Å². The van der Waals surface area contributed by atoms with Crippen LogP contribution in [0.5, 0.6) is 0 Å². The molecule has 6 rings (SSSR count). The molecule has 8 atom stereocenters. The predicted octanol–water partition coefficient (Wildman–Crippen LogP) is 2.92. The van der Waals surface area contributed by atoms with E-state index in [1.807, 2.05) is 6.92 Å². The molecule has 5 saturated heterocycles. The van der Waals surface area contributed by atoms with Gasteiger partial charge in [-0.25, -0.2) is 9.78 Å². The maximum absolute atomic E-state index is 6.69. The summed E-state index contributed by atoms with van der Waals surface area (Å²) < 4.78 is 13.2. The van der Waals surface area contributed by atoms with Crippen molar-refractivity contribution >= 4 is 0 Å². The molecule has 0 amide bonds. The number of nitrogens with one attached hydrogen (secondary N) is 1. The van der Waals surface area contributed by atoms with Gasteiger partial charge in [-0.15, -0.1) is 0 Å². The van der Waals surface area contributed by atoms with Crippen LogP contribution in [-0.2, 0) is 19.2 Å². The molecule has 0 radical (unpaired) electrons. The fraction of sp³-hybridized carbons (Fsp3) is 1.00. The number of nitrogens with zero attached hydrogens (tertiary/aromatic N) is 1. The molecular formula is C22H38N2O4. The first-order valence-electron chi connectivity index (χ1n) is 11.6. The van der Waals surface area contributed by atoms with Crippen LogP contribution in [-0.4, -0.2) is 61.4 Å². The highest BCUT2D eigenvalue weighted by Gasteiger charge is 2.69. The third kappa shape index (κ3) is 3.15. The number of piperazine rings is 1. The fourth-order valence-electron chi connectivity index (χ4n) is 6.76. The summed E-state index contributed by atoms with van der Waals surface area (Å²) >= 11 is 0. The maximum Gasteiger partial charge on any atom is 0.201 e. The Hall–Kier alpha value is -0.240. The van der Waals surface area contributed by atoms with Gasteiger partial charge in [-0.2, -0.15) is 0 Å². The molecule has 6 fully saturated rings. The average molecular weight is 395 g/mol. The zero-order valence-electron chi connectivity index (χ0n) is 17.8. The smallest absolute Gasteiger partial charge is 0.201 e. The standard InChI is InChI=1S/C22H38N2O4/c1-15-6-7-18-16(2)19(5-4-12-24-13-10-23-11-14-24)25-20-22(18)17(15)8-9-21(3,26-20)27-28-22/h15-20,23H,4-14H2,1-3H3. The first-order valence-corrected chi connectivity index (χ1v) is 11.6. The van der Waals surface area contributed by atoms with Crippen molar-refractivity contribution in [2.75, 3.05) is 32.7 Å². The summed E-state index contributed by atoms with van der Waals surface area (Å²) in [6.07, 6.45) is 6.73. The lowest BCUT2D eigenvalue weighted by Gasteiger charge is -2.60. The third-order valence-electron chi connectivity index (χ3n) is 8.47.